The molecule has 1 atom stereocenters. The van der Waals surface area contributed by atoms with Gasteiger partial charge in [-0.3, -0.25) is 4.79 Å². The van der Waals surface area contributed by atoms with Crippen LogP contribution in [0.4, 0.5) is 0 Å². The van der Waals surface area contributed by atoms with Crippen LogP contribution in [-0.4, -0.2) is 39.2 Å². The van der Waals surface area contributed by atoms with Crippen molar-refractivity contribution < 1.29 is 13.2 Å². The summed E-state index contributed by atoms with van der Waals surface area (Å²) in [7, 11) is -3.63. The van der Waals surface area contributed by atoms with Crippen molar-refractivity contribution in [3.8, 4) is 0 Å². The molecule has 0 saturated heterocycles. The van der Waals surface area contributed by atoms with E-state index in [0.29, 0.717) is 11.6 Å². The smallest absolute Gasteiger partial charge is 0.235 e. The highest BCUT2D eigenvalue weighted by atomic mass is 35.5. The van der Waals surface area contributed by atoms with Gasteiger partial charge in [-0.1, -0.05) is 18.5 Å². The summed E-state index contributed by atoms with van der Waals surface area (Å²) < 4.78 is 24.0. The summed E-state index contributed by atoms with van der Waals surface area (Å²) in [5.41, 5.74) is 0. The van der Waals surface area contributed by atoms with E-state index < -0.39 is 21.5 Å². The molecule has 0 heterocycles. The van der Waals surface area contributed by atoms with Gasteiger partial charge in [-0.25, -0.2) is 8.42 Å². The molecule has 0 bridgehead atoms. The predicted molar refractivity (Wildman–Crippen MR) is 79.7 cm³/mol. The molecule has 5 nitrogen and oxygen atoms in total. The molecule has 7 heteroatoms. The minimum atomic E-state index is -3.63. The fraction of sp³-hybridized carbons (Fsp3) is 0.462. The summed E-state index contributed by atoms with van der Waals surface area (Å²) in [6.07, 6.45) is 0. The van der Waals surface area contributed by atoms with E-state index in [2.05, 4.69) is 10.6 Å². The Kier molecular flexibility index (Phi) is 6.45. The zero-order chi connectivity index (χ0) is 15.2. The lowest BCUT2D eigenvalue weighted by atomic mass is 10.3. The first kappa shape index (κ1) is 16.9. The Morgan fingerprint density at radius 3 is 2.45 bits per heavy atom. The molecular weight excluding hydrogens is 300 g/mol. The monoisotopic (exact) mass is 318 g/mol. The van der Waals surface area contributed by atoms with Crippen molar-refractivity contribution in [3.05, 3.63) is 29.3 Å². The third-order valence-corrected chi connectivity index (χ3v) is 4.54. The van der Waals surface area contributed by atoms with Gasteiger partial charge in [0.1, 0.15) is 5.75 Å². The molecule has 1 rings (SSSR count). The number of amides is 1. The molecule has 0 saturated carbocycles. The number of benzene rings is 1. The molecule has 2 N–H and O–H groups in total. The maximum atomic E-state index is 12.0. The van der Waals surface area contributed by atoms with Crippen LogP contribution in [0.5, 0.6) is 0 Å². The Balaban J connectivity index is 2.58. The van der Waals surface area contributed by atoms with Gasteiger partial charge in [-0.15, -0.1) is 0 Å². The van der Waals surface area contributed by atoms with Crippen molar-refractivity contribution in [3.63, 3.8) is 0 Å². The molecule has 1 amide bonds. The Bertz CT molecular complexity index is 543. The maximum Gasteiger partial charge on any atom is 0.235 e. The van der Waals surface area contributed by atoms with Crippen LogP contribution in [0.3, 0.4) is 0 Å². The number of likely N-dealkylation sites (N-methyl/N-ethyl adjacent to an activating group) is 1. The van der Waals surface area contributed by atoms with Gasteiger partial charge in [0.05, 0.1) is 4.90 Å². The molecule has 0 radical (unpaired) electrons. The zero-order valence-electron chi connectivity index (χ0n) is 11.5. The first-order chi connectivity index (χ1) is 9.35. The third kappa shape index (κ3) is 5.48. The van der Waals surface area contributed by atoms with Crippen LogP contribution in [0.2, 0.25) is 5.02 Å². The van der Waals surface area contributed by atoms with Crippen LogP contribution in [-0.2, 0) is 14.6 Å². The number of carbonyl (C=O) groups excluding carboxylic acids is 1. The van der Waals surface area contributed by atoms with Gasteiger partial charge in [0.25, 0.3) is 0 Å². The number of carbonyl (C=O) groups is 1. The lowest BCUT2D eigenvalue weighted by Gasteiger charge is -2.13. The third-order valence-electron chi connectivity index (χ3n) is 2.65. The summed E-state index contributed by atoms with van der Waals surface area (Å²) >= 11 is 5.70. The molecule has 0 spiro atoms. The number of hydrogen-bond donors (Lipinski definition) is 2. The quantitative estimate of drug-likeness (QED) is 0.793. The fourth-order valence-electron chi connectivity index (χ4n) is 1.64. The van der Waals surface area contributed by atoms with Gasteiger partial charge >= 0.3 is 0 Å². The molecule has 0 unspecified atom stereocenters. The fourth-order valence-corrected chi connectivity index (χ4v) is 2.93. The summed E-state index contributed by atoms with van der Waals surface area (Å²) in [4.78, 5) is 11.8. The minimum Gasteiger partial charge on any atom is -0.354 e. The van der Waals surface area contributed by atoms with Crippen LogP contribution in [0, 0.1) is 0 Å². The van der Waals surface area contributed by atoms with Crippen molar-refractivity contribution in [1.82, 2.24) is 10.6 Å². The molecule has 1 aromatic carbocycles. The molecule has 1 aromatic rings. The van der Waals surface area contributed by atoms with Crippen molar-refractivity contribution in [1.29, 1.82) is 0 Å². The summed E-state index contributed by atoms with van der Waals surface area (Å²) in [5.74, 6) is -1.07. The number of sulfone groups is 1. The number of hydrogen-bond acceptors (Lipinski definition) is 4. The van der Waals surface area contributed by atoms with Crippen molar-refractivity contribution in [2.75, 3.05) is 18.8 Å². The first-order valence-corrected chi connectivity index (χ1v) is 8.36. The first-order valence-electron chi connectivity index (χ1n) is 6.33. The Morgan fingerprint density at radius 2 is 1.90 bits per heavy atom. The zero-order valence-corrected chi connectivity index (χ0v) is 13.1. The number of rotatable bonds is 7. The van der Waals surface area contributed by atoms with E-state index in [0.717, 1.165) is 6.54 Å². The highest BCUT2D eigenvalue weighted by molar-refractivity contribution is 7.92. The summed E-state index contributed by atoms with van der Waals surface area (Å²) in [6, 6.07) is 5.86. The molecule has 0 aliphatic heterocycles. The molecule has 0 aliphatic carbocycles. The number of halogens is 1. The van der Waals surface area contributed by atoms with Crippen molar-refractivity contribution in [2.45, 2.75) is 24.8 Å². The van der Waals surface area contributed by atoms with Crippen LogP contribution in [0.25, 0.3) is 0 Å². The van der Waals surface area contributed by atoms with E-state index in [1.807, 2.05) is 13.8 Å². The minimum absolute atomic E-state index is 0.0942. The van der Waals surface area contributed by atoms with Crippen LogP contribution in [0.1, 0.15) is 13.8 Å². The predicted octanol–water partition coefficient (Wildman–Crippen LogP) is 1.23. The van der Waals surface area contributed by atoms with E-state index in [9.17, 15) is 13.2 Å². The van der Waals surface area contributed by atoms with Gasteiger partial charge < -0.3 is 10.6 Å². The Hall–Kier alpha value is -1.11. The summed E-state index contributed by atoms with van der Waals surface area (Å²) in [6.45, 7) is 5.06. The highest BCUT2D eigenvalue weighted by Gasteiger charge is 2.19. The van der Waals surface area contributed by atoms with Gasteiger partial charge in [0.2, 0.25) is 5.91 Å². The van der Waals surface area contributed by atoms with Gasteiger partial charge in [-0.05, 0) is 37.7 Å². The lowest BCUT2D eigenvalue weighted by Crippen LogP contribution is -2.40. The molecule has 0 aliphatic rings. The molecule has 0 fully saturated rings. The van der Waals surface area contributed by atoms with E-state index in [1.165, 1.54) is 24.3 Å². The normalized spacial score (nSPS) is 12.9. The standard InChI is InChI=1S/C13H19ClN2O3S/c1-3-15-10(2)8-16-13(17)9-20(18,19)12-6-4-11(14)5-7-12/h4-7,10,15H,3,8-9H2,1-2H3,(H,16,17)/t10-/m1/s1. The van der Waals surface area contributed by atoms with Crippen LogP contribution < -0.4 is 10.6 Å². The SMILES string of the molecule is CCN[C@H](C)CNC(=O)CS(=O)(=O)c1ccc(Cl)cc1. The highest BCUT2D eigenvalue weighted by Crippen LogP contribution is 2.15. The molecular formula is C13H19ClN2O3S. The second-order valence-corrected chi connectivity index (χ2v) is 6.90. The largest absolute Gasteiger partial charge is 0.354 e. The van der Waals surface area contributed by atoms with E-state index in [-0.39, 0.29) is 10.9 Å². The van der Waals surface area contributed by atoms with Crippen LogP contribution >= 0.6 is 11.6 Å². The molecule has 20 heavy (non-hydrogen) atoms. The van der Waals surface area contributed by atoms with Crippen molar-refractivity contribution in [2.24, 2.45) is 0 Å². The van der Waals surface area contributed by atoms with Gasteiger partial charge in [-0.2, -0.15) is 0 Å². The average molecular weight is 319 g/mol. The van der Waals surface area contributed by atoms with Crippen molar-refractivity contribution >= 4 is 27.3 Å². The Morgan fingerprint density at radius 1 is 1.30 bits per heavy atom. The van der Waals surface area contributed by atoms with Gasteiger partial charge in [0, 0.05) is 17.6 Å². The van der Waals surface area contributed by atoms with E-state index in [4.69, 9.17) is 11.6 Å². The van der Waals surface area contributed by atoms with Gasteiger partial charge in [0.15, 0.2) is 9.84 Å². The van der Waals surface area contributed by atoms with Crippen LogP contribution in [0.15, 0.2) is 29.2 Å². The second kappa shape index (κ2) is 7.61. The summed E-state index contributed by atoms with van der Waals surface area (Å²) in [5, 5.41) is 6.17. The second-order valence-electron chi connectivity index (χ2n) is 4.48. The van der Waals surface area contributed by atoms with E-state index >= 15 is 0 Å². The Labute approximate surface area is 124 Å². The molecule has 112 valence electrons. The maximum absolute atomic E-state index is 12.0. The lowest BCUT2D eigenvalue weighted by molar-refractivity contribution is -0.118. The van der Waals surface area contributed by atoms with E-state index in [1.54, 1.807) is 0 Å². The number of nitrogens with one attached hydrogen (secondary N) is 2. The average Bonchev–Trinajstić information content (AvgIpc) is 2.37. The molecule has 0 aromatic heterocycles. The topological polar surface area (TPSA) is 75.3 Å².